The molecule has 5 rings (SSSR count). The highest BCUT2D eigenvalue weighted by Crippen LogP contribution is 2.35. The molecule has 2 heterocycles. The van der Waals surface area contributed by atoms with E-state index in [4.69, 9.17) is 8.83 Å². The van der Waals surface area contributed by atoms with Crippen molar-refractivity contribution in [3.05, 3.63) is 84.4 Å². The fourth-order valence-corrected chi connectivity index (χ4v) is 3.76. The van der Waals surface area contributed by atoms with Gasteiger partial charge >= 0.3 is 0 Å². The fourth-order valence-electron chi connectivity index (χ4n) is 3.76. The number of aromatic nitrogens is 4. The number of hydrogen-bond donors (Lipinski definition) is 1. The van der Waals surface area contributed by atoms with Crippen molar-refractivity contribution in [1.82, 2.24) is 20.4 Å². The van der Waals surface area contributed by atoms with Gasteiger partial charge in [0.05, 0.1) is 5.56 Å². The second kappa shape index (κ2) is 8.92. The van der Waals surface area contributed by atoms with Crippen LogP contribution >= 0.6 is 0 Å². The Labute approximate surface area is 209 Å². The lowest BCUT2D eigenvalue weighted by atomic mass is 9.87. The molecule has 36 heavy (non-hydrogen) atoms. The predicted molar refractivity (Wildman–Crippen MR) is 139 cm³/mol. The minimum Gasteiger partial charge on any atom is -0.507 e. The third-order valence-electron chi connectivity index (χ3n) is 5.95. The van der Waals surface area contributed by atoms with Gasteiger partial charge in [-0.1, -0.05) is 57.2 Å². The zero-order valence-electron chi connectivity index (χ0n) is 20.6. The van der Waals surface area contributed by atoms with Gasteiger partial charge in [0, 0.05) is 16.7 Å². The first-order valence-electron chi connectivity index (χ1n) is 11.6. The van der Waals surface area contributed by atoms with E-state index in [9.17, 15) is 5.11 Å². The Morgan fingerprint density at radius 3 is 1.69 bits per heavy atom. The van der Waals surface area contributed by atoms with Gasteiger partial charge in [-0.25, -0.2) is 0 Å². The largest absolute Gasteiger partial charge is 0.507 e. The van der Waals surface area contributed by atoms with Crippen molar-refractivity contribution in [1.29, 1.82) is 0 Å². The fraction of sp³-hybridized carbons (Fsp3) is 0.172. The number of phenolic OH excluding ortho intramolecular Hbond substituents is 1. The van der Waals surface area contributed by atoms with Crippen LogP contribution in [0.4, 0.5) is 0 Å². The Hall–Kier alpha value is -4.52. The number of phenols is 1. The lowest BCUT2D eigenvalue weighted by Gasteiger charge is -2.18. The van der Waals surface area contributed by atoms with Crippen molar-refractivity contribution in [3.8, 4) is 51.6 Å². The minimum atomic E-state index is -0.0312. The third-order valence-corrected chi connectivity index (χ3v) is 5.95. The van der Waals surface area contributed by atoms with E-state index >= 15 is 0 Å². The van der Waals surface area contributed by atoms with Crippen LogP contribution in [0.5, 0.6) is 5.75 Å². The highest BCUT2D eigenvalue weighted by atomic mass is 16.4. The molecule has 0 fully saturated rings. The molecule has 0 aliphatic rings. The summed E-state index contributed by atoms with van der Waals surface area (Å²) >= 11 is 0. The van der Waals surface area contributed by atoms with Crippen LogP contribution in [-0.2, 0) is 5.41 Å². The number of rotatable bonds is 5. The van der Waals surface area contributed by atoms with E-state index in [1.165, 1.54) is 5.56 Å². The summed E-state index contributed by atoms with van der Waals surface area (Å²) in [5.74, 6) is 1.25. The van der Waals surface area contributed by atoms with E-state index in [0.29, 0.717) is 28.8 Å². The van der Waals surface area contributed by atoms with Crippen LogP contribution in [0.15, 0.2) is 82.1 Å². The quantitative estimate of drug-likeness (QED) is 0.286. The maximum absolute atomic E-state index is 10.7. The summed E-state index contributed by atoms with van der Waals surface area (Å²) in [5.41, 5.74) is 5.90. The molecule has 0 unspecified atom stereocenters. The zero-order chi connectivity index (χ0) is 25.4. The Morgan fingerprint density at radius 1 is 0.694 bits per heavy atom. The normalized spacial score (nSPS) is 11.6. The average Bonchev–Trinajstić information content (AvgIpc) is 3.54. The molecule has 0 aliphatic heterocycles. The van der Waals surface area contributed by atoms with Crippen LogP contribution in [0.25, 0.3) is 51.4 Å². The van der Waals surface area contributed by atoms with E-state index in [0.717, 1.165) is 22.3 Å². The maximum atomic E-state index is 10.7. The van der Waals surface area contributed by atoms with Crippen molar-refractivity contribution < 1.29 is 13.9 Å². The van der Waals surface area contributed by atoms with Crippen molar-refractivity contribution in [2.45, 2.75) is 33.1 Å². The van der Waals surface area contributed by atoms with E-state index < -0.39 is 0 Å². The van der Waals surface area contributed by atoms with Crippen molar-refractivity contribution in [3.63, 3.8) is 0 Å². The lowest BCUT2D eigenvalue weighted by Crippen LogP contribution is -2.10. The molecule has 2 aromatic heterocycles. The van der Waals surface area contributed by atoms with Gasteiger partial charge < -0.3 is 13.9 Å². The van der Waals surface area contributed by atoms with E-state index in [1.54, 1.807) is 18.2 Å². The van der Waals surface area contributed by atoms with Crippen molar-refractivity contribution >= 4 is 5.57 Å². The second-order valence-electron chi connectivity index (χ2n) is 9.74. The molecule has 5 aromatic rings. The van der Waals surface area contributed by atoms with Crippen LogP contribution < -0.4 is 0 Å². The monoisotopic (exact) mass is 478 g/mol. The zero-order valence-corrected chi connectivity index (χ0v) is 20.6. The first kappa shape index (κ1) is 23.2. The predicted octanol–water partition coefficient (Wildman–Crippen LogP) is 7.16. The van der Waals surface area contributed by atoms with Gasteiger partial charge in [-0.05, 0) is 65.9 Å². The van der Waals surface area contributed by atoms with Gasteiger partial charge in [0.2, 0.25) is 17.7 Å². The van der Waals surface area contributed by atoms with E-state index in [1.807, 2.05) is 43.3 Å². The van der Waals surface area contributed by atoms with Crippen LogP contribution in [0, 0.1) is 0 Å². The summed E-state index contributed by atoms with van der Waals surface area (Å²) in [6.45, 7) is 12.4. The highest BCUT2D eigenvalue weighted by molar-refractivity contribution is 5.70. The van der Waals surface area contributed by atoms with Crippen LogP contribution in [0.1, 0.15) is 38.8 Å². The SMILES string of the molecule is C=C(C)c1ccc(-c2nnc(-c3ccc(-c4nnc(-c5ccc(C(C)(C)C)cc5)o4)c(O)c3)o2)cc1. The first-order valence-corrected chi connectivity index (χ1v) is 11.6. The Bertz CT molecular complexity index is 1540. The molecule has 0 saturated carbocycles. The summed E-state index contributed by atoms with van der Waals surface area (Å²) in [5, 5.41) is 27.3. The second-order valence-corrected chi connectivity index (χ2v) is 9.74. The molecule has 0 aliphatic carbocycles. The lowest BCUT2D eigenvalue weighted by molar-refractivity contribution is 0.473. The summed E-state index contributed by atoms with van der Waals surface area (Å²) in [6.07, 6.45) is 0. The standard InChI is InChI=1S/C29H26N4O3/c1-17(2)18-6-8-19(9-7-18)25-30-32-27(35-25)21-12-15-23(24(34)16-21)28-33-31-26(36-28)20-10-13-22(14-11-20)29(3,4)5/h6-16,34H,1H2,2-5H3. The summed E-state index contributed by atoms with van der Waals surface area (Å²) in [6, 6.07) is 20.8. The van der Waals surface area contributed by atoms with Crippen molar-refractivity contribution in [2.75, 3.05) is 0 Å². The minimum absolute atomic E-state index is 0.0312. The number of aromatic hydroxyl groups is 1. The van der Waals surface area contributed by atoms with Crippen molar-refractivity contribution in [2.24, 2.45) is 0 Å². The molecular formula is C29H26N4O3. The summed E-state index contributed by atoms with van der Waals surface area (Å²) in [4.78, 5) is 0. The van der Waals surface area contributed by atoms with Gasteiger partial charge in [0.1, 0.15) is 5.75 Å². The third kappa shape index (κ3) is 4.55. The molecule has 0 atom stereocenters. The van der Waals surface area contributed by atoms with E-state index in [-0.39, 0.29) is 17.1 Å². The van der Waals surface area contributed by atoms with Gasteiger partial charge in [0.25, 0.3) is 5.89 Å². The molecule has 0 spiro atoms. The van der Waals surface area contributed by atoms with Crippen LogP contribution in [-0.4, -0.2) is 25.5 Å². The van der Waals surface area contributed by atoms with Gasteiger partial charge in [-0.15, -0.1) is 20.4 Å². The topological polar surface area (TPSA) is 98.1 Å². The molecule has 0 saturated heterocycles. The van der Waals surface area contributed by atoms with Crippen LogP contribution in [0.3, 0.4) is 0 Å². The molecule has 0 bridgehead atoms. The number of hydrogen-bond acceptors (Lipinski definition) is 7. The Kier molecular flexibility index (Phi) is 5.76. The summed E-state index contributed by atoms with van der Waals surface area (Å²) < 4.78 is 11.7. The molecule has 0 amide bonds. The number of nitrogens with zero attached hydrogens (tertiary/aromatic N) is 4. The van der Waals surface area contributed by atoms with Gasteiger partial charge in [0.15, 0.2) is 0 Å². The summed E-state index contributed by atoms with van der Waals surface area (Å²) in [7, 11) is 0. The maximum Gasteiger partial charge on any atom is 0.251 e. The molecule has 0 radical (unpaired) electrons. The highest BCUT2D eigenvalue weighted by Gasteiger charge is 2.18. The molecule has 7 nitrogen and oxygen atoms in total. The van der Waals surface area contributed by atoms with Gasteiger partial charge in [-0.2, -0.15) is 0 Å². The Morgan fingerprint density at radius 2 is 1.17 bits per heavy atom. The Balaban J connectivity index is 1.37. The average molecular weight is 479 g/mol. The number of allylic oxidation sites excluding steroid dienone is 1. The molecule has 3 aromatic carbocycles. The van der Waals surface area contributed by atoms with Gasteiger partial charge in [-0.3, -0.25) is 0 Å². The smallest absolute Gasteiger partial charge is 0.251 e. The molecule has 7 heteroatoms. The van der Waals surface area contributed by atoms with Crippen LogP contribution in [0.2, 0.25) is 0 Å². The number of benzene rings is 3. The molecule has 180 valence electrons. The molecular weight excluding hydrogens is 452 g/mol. The molecule has 1 N–H and O–H groups in total. The first-order chi connectivity index (χ1) is 17.2. The van der Waals surface area contributed by atoms with E-state index in [2.05, 4.69) is 59.9 Å².